The maximum atomic E-state index is 11.5. The van der Waals surface area contributed by atoms with E-state index in [1.807, 2.05) is 39.0 Å². The second-order valence-corrected chi connectivity index (χ2v) is 5.43. The Morgan fingerprint density at radius 3 is 2.42 bits per heavy atom. The maximum absolute atomic E-state index is 11.5. The van der Waals surface area contributed by atoms with Crippen LogP contribution in [0, 0.1) is 0 Å². The first-order chi connectivity index (χ1) is 8.92. The Hall–Kier alpha value is -1.71. The second-order valence-electron chi connectivity index (χ2n) is 5.43. The van der Waals surface area contributed by atoms with E-state index in [-0.39, 0.29) is 11.6 Å². The van der Waals surface area contributed by atoms with Gasteiger partial charge in [0.15, 0.2) is 0 Å². The first-order valence-corrected chi connectivity index (χ1v) is 6.67. The van der Waals surface area contributed by atoms with Crippen LogP contribution in [0.4, 0.5) is 10.5 Å². The zero-order valence-electron chi connectivity index (χ0n) is 12.3. The van der Waals surface area contributed by atoms with E-state index in [4.69, 9.17) is 4.74 Å². The van der Waals surface area contributed by atoms with Crippen molar-refractivity contribution in [2.24, 2.45) is 0 Å². The molecule has 4 nitrogen and oxygen atoms in total. The Morgan fingerprint density at radius 2 is 1.89 bits per heavy atom. The molecule has 0 aliphatic carbocycles. The van der Waals surface area contributed by atoms with Gasteiger partial charge in [0.25, 0.3) is 0 Å². The van der Waals surface area contributed by atoms with Gasteiger partial charge in [0.1, 0.15) is 6.61 Å². The molecule has 0 unspecified atom stereocenters. The molecule has 1 aromatic rings. The number of nitrogens with zero attached hydrogens (tertiary/aromatic N) is 1. The number of ether oxygens (including phenoxy) is 1. The summed E-state index contributed by atoms with van der Waals surface area (Å²) in [6, 6.07) is 10.1. The maximum Gasteiger partial charge on any atom is 0.407 e. The fourth-order valence-electron chi connectivity index (χ4n) is 1.70. The van der Waals surface area contributed by atoms with E-state index < -0.39 is 0 Å². The highest BCUT2D eigenvalue weighted by molar-refractivity contribution is 5.68. The molecular formula is C15H24N2O2. The first kappa shape index (κ1) is 15.3. The lowest BCUT2D eigenvalue weighted by molar-refractivity contribution is 0.140. The SMILES string of the molecule is CCN(CCOC(=O)NC(C)(C)C)c1ccccc1. The molecule has 0 spiro atoms. The van der Waals surface area contributed by atoms with Crippen molar-refractivity contribution in [2.45, 2.75) is 33.2 Å². The molecule has 0 atom stereocenters. The third kappa shape index (κ3) is 6.13. The van der Waals surface area contributed by atoms with Gasteiger partial charge in [-0.1, -0.05) is 18.2 Å². The van der Waals surface area contributed by atoms with Gasteiger partial charge in [0, 0.05) is 17.8 Å². The summed E-state index contributed by atoms with van der Waals surface area (Å²) >= 11 is 0. The molecule has 0 radical (unpaired) electrons. The summed E-state index contributed by atoms with van der Waals surface area (Å²) in [5, 5.41) is 2.77. The quantitative estimate of drug-likeness (QED) is 0.888. The molecule has 19 heavy (non-hydrogen) atoms. The number of carbonyl (C=O) groups excluding carboxylic acids is 1. The van der Waals surface area contributed by atoms with Gasteiger partial charge >= 0.3 is 6.09 Å². The summed E-state index contributed by atoms with van der Waals surface area (Å²) in [6.45, 7) is 9.82. The number of rotatable bonds is 5. The van der Waals surface area contributed by atoms with Gasteiger partial charge in [-0.05, 0) is 39.8 Å². The molecule has 0 aliphatic heterocycles. The van der Waals surface area contributed by atoms with Crippen LogP contribution in [0.2, 0.25) is 0 Å². The van der Waals surface area contributed by atoms with Crippen molar-refractivity contribution in [1.82, 2.24) is 5.32 Å². The van der Waals surface area contributed by atoms with Gasteiger partial charge in [-0.2, -0.15) is 0 Å². The third-order valence-electron chi connectivity index (χ3n) is 2.57. The van der Waals surface area contributed by atoms with E-state index in [1.54, 1.807) is 0 Å². The lowest BCUT2D eigenvalue weighted by atomic mass is 10.1. The number of anilines is 1. The highest BCUT2D eigenvalue weighted by Gasteiger charge is 2.14. The van der Waals surface area contributed by atoms with Crippen molar-refractivity contribution in [1.29, 1.82) is 0 Å². The largest absolute Gasteiger partial charge is 0.448 e. The average Bonchev–Trinajstić information content (AvgIpc) is 2.33. The van der Waals surface area contributed by atoms with Crippen LogP contribution >= 0.6 is 0 Å². The fourth-order valence-corrected chi connectivity index (χ4v) is 1.70. The van der Waals surface area contributed by atoms with Gasteiger partial charge in [0.05, 0.1) is 6.54 Å². The normalized spacial score (nSPS) is 10.9. The van der Waals surface area contributed by atoms with Crippen molar-refractivity contribution < 1.29 is 9.53 Å². The molecule has 0 heterocycles. The van der Waals surface area contributed by atoms with Crippen molar-refractivity contribution in [3.8, 4) is 0 Å². The Morgan fingerprint density at radius 1 is 1.26 bits per heavy atom. The Bertz CT molecular complexity index is 385. The number of nitrogens with one attached hydrogen (secondary N) is 1. The number of para-hydroxylation sites is 1. The standard InChI is InChI=1S/C15H24N2O2/c1-5-17(13-9-7-6-8-10-13)11-12-19-14(18)16-15(2,3)4/h6-10H,5,11-12H2,1-4H3,(H,16,18). The molecule has 1 rings (SSSR count). The minimum absolute atomic E-state index is 0.263. The first-order valence-electron chi connectivity index (χ1n) is 6.67. The van der Waals surface area contributed by atoms with Crippen molar-refractivity contribution >= 4 is 11.8 Å². The molecule has 1 amide bonds. The summed E-state index contributed by atoms with van der Waals surface area (Å²) in [7, 11) is 0. The molecule has 106 valence electrons. The van der Waals surface area contributed by atoms with E-state index in [0.717, 1.165) is 12.2 Å². The number of hydrogen-bond acceptors (Lipinski definition) is 3. The van der Waals surface area contributed by atoms with Crippen LogP contribution in [-0.4, -0.2) is 31.3 Å². The lowest BCUT2D eigenvalue weighted by Crippen LogP contribution is -2.41. The lowest BCUT2D eigenvalue weighted by Gasteiger charge is -2.24. The Balaban J connectivity index is 2.37. The molecule has 0 fully saturated rings. The molecular weight excluding hydrogens is 240 g/mol. The van der Waals surface area contributed by atoms with E-state index in [2.05, 4.69) is 29.3 Å². The van der Waals surface area contributed by atoms with Gasteiger partial charge in [-0.25, -0.2) is 4.79 Å². The van der Waals surface area contributed by atoms with Crippen LogP contribution < -0.4 is 10.2 Å². The van der Waals surface area contributed by atoms with E-state index >= 15 is 0 Å². The summed E-state index contributed by atoms with van der Waals surface area (Å²) < 4.78 is 5.18. The van der Waals surface area contributed by atoms with Gasteiger partial charge < -0.3 is 15.0 Å². The number of alkyl carbamates (subject to hydrolysis) is 1. The number of amides is 1. The van der Waals surface area contributed by atoms with Crippen LogP contribution in [0.5, 0.6) is 0 Å². The van der Waals surface area contributed by atoms with Crippen LogP contribution in [0.3, 0.4) is 0 Å². The number of hydrogen-bond donors (Lipinski definition) is 1. The predicted octanol–water partition coefficient (Wildman–Crippen LogP) is 3.04. The average molecular weight is 264 g/mol. The molecule has 0 saturated carbocycles. The summed E-state index contributed by atoms with van der Waals surface area (Å²) in [4.78, 5) is 13.7. The fraction of sp³-hybridized carbons (Fsp3) is 0.533. The zero-order chi connectivity index (χ0) is 14.3. The summed E-state index contributed by atoms with van der Waals surface area (Å²) in [5.74, 6) is 0. The number of carbonyl (C=O) groups is 1. The summed E-state index contributed by atoms with van der Waals surface area (Å²) in [6.07, 6.45) is -0.364. The minimum atomic E-state index is -0.364. The van der Waals surface area contributed by atoms with Crippen LogP contribution in [-0.2, 0) is 4.74 Å². The number of benzene rings is 1. The molecule has 0 bridgehead atoms. The third-order valence-corrected chi connectivity index (χ3v) is 2.57. The summed E-state index contributed by atoms with van der Waals surface area (Å²) in [5.41, 5.74) is 0.880. The van der Waals surface area contributed by atoms with Gasteiger partial charge in [-0.15, -0.1) is 0 Å². The molecule has 0 saturated heterocycles. The highest BCUT2D eigenvalue weighted by Crippen LogP contribution is 2.12. The van der Waals surface area contributed by atoms with Crippen molar-refractivity contribution in [2.75, 3.05) is 24.6 Å². The van der Waals surface area contributed by atoms with E-state index in [1.165, 1.54) is 0 Å². The minimum Gasteiger partial charge on any atom is -0.448 e. The Labute approximate surface area is 115 Å². The monoisotopic (exact) mass is 264 g/mol. The van der Waals surface area contributed by atoms with Crippen molar-refractivity contribution in [3.63, 3.8) is 0 Å². The number of likely N-dealkylation sites (N-methyl/N-ethyl adjacent to an activating group) is 1. The molecule has 1 aromatic carbocycles. The van der Waals surface area contributed by atoms with Gasteiger partial charge in [0.2, 0.25) is 0 Å². The van der Waals surface area contributed by atoms with E-state index in [9.17, 15) is 4.79 Å². The van der Waals surface area contributed by atoms with Crippen LogP contribution in [0.15, 0.2) is 30.3 Å². The molecule has 4 heteroatoms. The zero-order valence-corrected chi connectivity index (χ0v) is 12.3. The highest BCUT2D eigenvalue weighted by atomic mass is 16.5. The van der Waals surface area contributed by atoms with Gasteiger partial charge in [-0.3, -0.25) is 0 Å². The second kappa shape index (κ2) is 7.02. The topological polar surface area (TPSA) is 41.6 Å². The molecule has 1 N–H and O–H groups in total. The predicted molar refractivity (Wildman–Crippen MR) is 78.6 cm³/mol. The molecule has 0 aromatic heterocycles. The van der Waals surface area contributed by atoms with Crippen LogP contribution in [0.25, 0.3) is 0 Å². The van der Waals surface area contributed by atoms with Crippen LogP contribution in [0.1, 0.15) is 27.7 Å². The smallest absolute Gasteiger partial charge is 0.407 e. The van der Waals surface area contributed by atoms with E-state index in [0.29, 0.717) is 13.2 Å². The molecule has 0 aliphatic rings. The Kier molecular flexibility index (Phi) is 5.67. The van der Waals surface area contributed by atoms with Crippen molar-refractivity contribution in [3.05, 3.63) is 30.3 Å².